The fraction of sp³-hybridized carbons (Fsp3) is 0.533. The van der Waals surface area contributed by atoms with E-state index in [-0.39, 0.29) is 6.04 Å². The van der Waals surface area contributed by atoms with Gasteiger partial charge in [0, 0.05) is 6.04 Å². The van der Waals surface area contributed by atoms with Gasteiger partial charge in [-0.1, -0.05) is 6.07 Å². The second-order valence-electron chi connectivity index (χ2n) is 5.65. The second kappa shape index (κ2) is 5.31. The van der Waals surface area contributed by atoms with E-state index in [1.54, 1.807) is 0 Å². The zero-order chi connectivity index (χ0) is 13.2. The van der Waals surface area contributed by atoms with Gasteiger partial charge in [-0.05, 0) is 62.9 Å². The third kappa shape index (κ3) is 2.80. The van der Waals surface area contributed by atoms with Gasteiger partial charge in [-0.3, -0.25) is 0 Å². The first kappa shape index (κ1) is 12.6. The molecule has 1 aromatic heterocycles. The highest BCUT2D eigenvalue weighted by Gasteiger charge is 2.17. The van der Waals surface area contributed by atoms with Crippen molar-refractivity contribution in [3.8, 4) is 0 Å². The molecule has 3 rings (SSSR count). The lowest BCUT2D eigenvalue weighted by atomic mass is 9.90. The van der Waals surface area contributed by atoms with E-state index in [1.807, 2.05) is 6.92 Å². The van der Waals surface area contributed by atoms with Crippen molar-refractivity contribution in [2.45, 2.75) is 32.2 Å². The highest BCUT2D eigenvalue weighted by Crippen LogP contribution is 2.25. The molecule has 4 heteroatoms. The number of nitrogens with two attached hydrogens (primary N) is 1. The predicted octanol–water partition coefficient (Wildman–Crippen LogP) is 2.26. The van der Waals surface area contributed by atoms with Crippen molar-refractivity contribution < 1.29 is 0 Å². The van der Waals surface area contributed by atoms with Gasteiger partial charge in [0.2, 0.25) is 0 Å². The molecule has 19 heavy (non-hydrogen) atoms. The standard InChI is InChI=1S/C15H22N4/c1-10-18-14-5-4-12(8-15(14)19-10)13(16)7-11-3-2-6-17-9-11/h4-5,8,11,13,17H,2-3,6-7,9,16H2,1H3,(H,18,19). The summed E-state index contributed by atoms with van der Waals surface area (Å²) in [5.74, 6) is 1.67. The Kier molecular flexibility index (Phi) is 3.53. The molecule has 2 atom stereocenters. The number of imidazole rings is 1. The summed E-state index contributed by atoms with van der Waals surface area (Å²) in [6.07, 6.45) is 3.63. The summed E-state index contributed by atoms with van der Waals surface area (Å²) in [6.45, 7) is 4.25. The number of piperidine rings is 1. The van der Waals surface area contributed by atoms with E-state index in [0.717, 1.165) is 36.4 Å². The smallest absolute Gasteiger partial charge is 0.104 e. The molecule has 102 valence electrons. The van der Waals surface area contributed by atoms with E-state index in [2.05, 4.69) is 33.5 Å². The Bertz CT molecular complexity index is 554. The number of hydrogen-bond donors (Lipinski definition) is 3. The van der Waals surface area contributed by atoms with Crippen LogP contribution in [-0.4, -0.2) is 23.1 Å². The Hall–Kier alpha value is -1.39. The number of benzene rings is 1. The Labute approximate surface area is 113 Å². The van der Waals surface area contributed by atoms with Crippen LogP contribution in [0.5, 0.6) is 0 Å². The van der Waals surface area contributed by atoms with Gasteiger partial charge in [0.15, 0.2) is 0 Å². The molecule has 1 saturated heterocycles. The molecule has 4 N–H and O–H groups in total. The van der Waals surface area contributed by atoms with Crippen molar-refractivity contribution in [3.63, 3.8) is 0 Å². The number of nitrogens with zero attached hydrogens (tertiary/aromatic N) is 1. The van der Waals surface area contributed by atoms with Gasteiger partial charge in [0.25, 0.3) is 0 Å². The summed E-state index contributed by atoms with van der Waals surface area (Å²) >= 11 is 0. The van der Waals surface area contributed by atoms with E-state index in [1.165, 1.54) is 18.4 Å². The van der Waals surface area contributed by atoms with Gasteiger partial charge in [0.05, 0.1) is 11.0 Å². The minimum Gasteiger partial charge on any atom is -0.342 e. The molecule has 2 unspecified atom stereocenters. The van der Waals surface area contributed by atoms with Crippen molar-refractivity contribution in [2.24, 2.45) is 11.7 Å². The summed E-state index contributed by atoms with van der Waals surface area (Å²) in [5, 5.41) is 3.45. The third-order valence-corrected chi connectivity index (χ3v) is 4.04. The zero-order valence-electron chi connectivity index (χ0n) is 11.4. The van der Waals surface area contributed by atoms with E-state index in [0.29, 0.717) is 5.92 Å². The first-order valence-electron chi connectivity index (χ1n) is 7.15. The molecule has 0 radical (unpaired) electrons. The molecule has 1 aliphatic rings. The number of rotatable bonds is 3. The van der Waals surface area contributed by atoms with Gasteiger partial charge >= 0.3 is 0 Å². The van der Waals surface area contributed by atoms with Crippen LogP contribution in [0.25, 0.3) is 11.0 Å². The van der Waals surface area contributed by atoms with E-state index in [4.69, 9.17) is 5.73 Å². The van der Waals surface area contributed by atoms with E-state index >= 15 is 0 Å². The van der Waals surface area contributed by atoms with Gasteiger partial charge in [-0.25, -0.2) is 4.98 Å². The number of aryl methyl sites for hydroxylation is 1. The van der Waals surface area contributed by atoms with Crippen LogP contribution >= 0.6 is 0 Å². The normalized spacial score (nSPS) is 21.7. The molecule has 0 saturated carbocycles. The number of H-pyrrole nitrogens is 1. The molecular formula is C15H22N4. The summed E-state index contributed by atoms with van der Waals surface area (Å²) in [5.41, 5.74) is 9.68. The molecule has 1 fully saturated rings. The Morgan fingerprint density at radius 2 is 2.37 bits per heavy atom. The summed E-state index contributed by atoms with van der Waals surface area (Å²) in [6, 6.07) is 6.45. The molecule has 0 aliphatic carbocycles. The molecule has 0 bridgehead atoms. The largest absolute Gasteiger partial charge is 0.342 e. The second-order valence-corrected chi connectivity index (χ2v) is 5.65. The van der Waals surface area contributed by atoms with Crippen LogP contribution in [0.4, 0.5) is 0 Å². The molecule has 1 aliphatic heterocycles. The summed E-state index contributed by atoms with van der Waals surface area (Å²) in [4.78, 5) is 7.70. The quantitative estimate of drug-likeness (QED) is 0.791. The van der Waals surface area contributed by atoms with Crippen molar-refractivity contribution in [1.29, 1.82) is 0 Å². The maximum atomic E-state index is 6.36. The molecule has 2 aromatic rings. The average Bonchev–Trinajstić information content (AvgIpc) is 2.78. The first-order chi connectivity index (χ1) is 9.22. The maximum absolute atomic E-state index is 6.36. The molecule has 2 heterocycles. The van der Waals surface area contributed by atoms with Crippen LogP contribution < -0.4 is 11.1 Å². The van der Waals surface area contributed by atoms with E-state index in [9.17, 15) is 0 Å². The summed E-state index contributed by atoms with van der Waals surface area (Å²) in [7, 11) is 0. The lowest BCUT2D eigenvalue weighted by Crippen LogP contribution is -2.31. The molecule has 1 aromatic carbocycles. The van der Waals surface area contributed by atoms with Gasteiger partial charge in [-0.2, -0.15) is 0 Å². The predicted molar refractivity (Wildman–Crippen MR) is 78.0 cm³/mol. The number of aromatic nitrogens is 2. The number of nitrogens with one attached hydrogen (secondary N) is 2. The van der Waals surface area contributed by atoms with Gasteiger partial charge in [-0.15, -0.1) is 0 Å². The van der Waals surface area contributed by atoms with Crippen LogP contribution in [-0.2, 0) is 0 Å². The average molecular weight is 258 g/mol. The highest BCUT2D eigenvalue weighted by molar-refractivity contribution is 5.75. The molecule has 4 nitrogen and oxygen atoms in total. The minimum atomic E-state index is 0.123. The Morgan fingerprint density at radius 3 is 3.16 bits per heavy atom. The SMILES string of the molecule is Cc1nc2ccc(C(N)CC3CCCNC3)cc2[nH]1. The van der Waals surface area contributed by atoms with Crippen LogP contribution in [0.1, 0.15) is 36.7 Å². The van der Waals surface area contributed by atoms with Crippen molar-refractivity contribution in [3.05, 3.63) is 29.6 Å². The topological polar surface area (TPSA) is 66.7 Å². The summed E-state index contributed by atoms with van der Waals surface area (Å²) < 4.78 is 0. The van der Waals surface area contributed by atoms with Crippen molar-refractivity contribution in [1.82, 2.24) is 15.3 Å². The van der Waals surface area contributed by atoms with Crippen LogP contribution in [0.2, 0.25) is 0 Å². The Morgan fingerprint density at radius 1 is 1.47 bits per heavy atom. The molecule has 0 amide bonds. The Balaban J connectivity index is 1.74. The third-order valence-electron chi connectivity index (χ3n) is 4.04. The lowest BCUT2D eigenvalue weighted by Gasteiger charge is -2.25. The first-order valence-corrected chi connectivity index (χ1v) is 7.15. The van der Waals surface area contributed by atoms with E-state index < -0.39 is 0 Å². The van der Waals surface area contributed by atoms with Crippen LogP contribution in [0.15, 0.2) is 18.2 Å². The lowest BCUT2D eigenvalue weighted by molar-refractivity contribution is 0.337. The monoisotopic (exact) mass is 258 g/mol. The number of hydrogen-bond acceptors (Lipinski definition) is 3. The molecule has 0 spiro atoms. The number of fused-ring (bicyclic) bond motifs is 1. The van der Waals surface area contributed by atoms with Crippen molar-refractivity contribution >= 4 is 11.0 Å². The molecular weight excluding hydrogens is 236 g/mol. The van der Waals surface area contributed by atoms with Gasteiger partial charge < -0.3 is 16.0 Å². The fourth-order valence-corrected chi connectivity index (χ4v) is 3.01. The van der Waals surface area contributed by atoms with Crippen molar-refractivity contribution in [2.75, 3.05) is 13.1 Å². The van der Waals surface area contributed by atoms with Crippen LogP contribution in [0.3, 0.4) is 0 Å². The maximum Gasteiger partial charge on any atom is 0.104 e. The highest BCUT2D eigenvalue weighted by atomic mass is 14.9. The fourth-order valence-electron chi connectivity index (χ4n) is 3.01. The van der Waals surface area contributed by atoms with Gasteiger partial charge in [0.1, 0.15) is 5.82 Å². The zero-order valence-corrected chi connectivity index (χ0v) is 11.4. The number of aromatic amines is 1. The van der Waals surface area contributed by atoms with Crippen LogP contribution in [0, 0.1) is 12.8 Å². The minimum absolute atomic E-state index is 0.123.